The van der Waals surface area contributed by atoms with E-state index in [4.69, 9.17) is 9.47 Å². The average Bonchev–Trinajstić information content (AvgIpc) is 2.48. The number of hydrogen-bond acceptors (Lipinski definition) is 6. The molecule has 2 unspecified atom stereocenters. The van der Waals surface area contributed by atoms with Crippen LogP contribution >= 0.6 is 0 Å². The molecule has 0 saturated carbocycles. The molecule has 0 aliphatic carbocycles. The topological polar surface area (TPSA) is 68.1 Å². The van der Waals surface area contributed by atoms with Crippen LogP contribution in [0.3, 0.4) is 0 Å². The van der Waals surface area contributed by atoms with Crippen LogP contribution in [0.1, 0.15) is 13.3 Å². The van der Waals surface area contributed by atoms with Crippen molar-refractivity contribution in [2.75, 3.05) is 59.2 Å². The molecule has 2 aliphatic heterocycles. The minimum Gasteiger partial charge on any atom is -0.379 e. The fraction of sp³-hybridized carbons (Fsp3) is 1.00. The first-order valence-electron chi connectivity index (χ1n) is 7.47. The molecular weight excluding hydrogens is 262 g/mol. The second-order valence-electron chi connectivity index (χ2n) is 5.43. The van der Waals surface area contributed by atoms with Crippen molar-refractivity contribution in [2.45, 2.75) is 19.5 Å². The Hall–Kier alpha value is -0.760. The average molecular weight is 287 g/mol. The maximum atomic E-state index is 11.5. The minimum atomic E-state index is -0.591. The normalized spacial score (nSPS) is 25.2. The van der Waals surface area contributed by atoms with Gasteiger partial charge < -0.3 is 9.47 Å². The van der Waals surface area contributed by atoms with Gasteiger partial charge in [0.05, 0.1) is 32.3 Å². The SMILES string of the molecule is CCC(CN1CCOCC1)C(N1CCOCC1)[N+](=O)[O-]. The lowest BCUT2D eigenvalue weighted by molar-refractivity contribution is -0.562. The molecule has 0 aromatic carbocycles. The summed E-state index contributed by atoms with van der Waals surface area (Å²) in [6.45, 7) is 8.56. The molecule has 116 valence electrons. The molecule has 2 aliphatic rings. The Labute approximate surface area is 120 Å². The number of morpholine rings is 2. The van der Waals surface area contributed by atoms with Crippen LogP contribution in [0.2, 0.25) is 0 Å². The van der Waals surface area contributed by atoms with Gasteiger partial charge in [0, 0.05) is 37.6 Å². The molecule has 2 fully saturated rings. The molecule has 2 atom stereocenters. The summed E-state index contributed by atoms with van der Waals surface area (Å²) >= 11 is 0. The molecule has 2 rings (SSSR count). The lowest BCUT2D eigenvalue weighted by atomic mass is 10.0. The summed E-state index contributed by atoms with van der Waals surface area (Å²) in [5.41, 5.74) is 0. The summed E-state index contributed by atoms with van der Waals surface area (Å²) in [4.78, 5) is 15.7. The highest BCUT2D eigenvalue weighted by Gasteiger charge is 2.38. The third-order valence-electron chi connectivity index (χ3n) is 4.18. The number of ether oxygens (including phenoxy) is 2. The van der Waals surface area contributed by atoms with E-state index in [1.807, 2.05) is 11.8 Å². The number of nitro groups is 1. The van der Waals surface area contributed by atoms with Crippen LogP contribution in [-0.4, -0.2) is 80.0 Å². The maximum Gasteiger partial charge on any atom is 0.272 e. The number of rotatable bonds is 6. The molecule has 7 heteroatoms. The quantitative estimate of drug-likeness (QED) is 0.516. The van der Waals surface area contributed by atoms with E-state index in [1.54, 1.807) is 0 Å². The van der Waals surface area contributed by atoms with E-state index in [-0.39, 0.29) is 10.8 Å². The second-order valence-corrected chi connectivity index (χ2v) is 5.43. The Morgan fingerprint density at radius 3 is 2.15 bits per heavy atom. The second kappa shape index (κ2) is 7.87. The highest BCUT2D eigenvalue weighted by atomic mass is 16.6. The van der Waals surface area contributed by atoms with Crippen LogP contribution in [0, 0.1) is 16.0 Å². The first-order valence-corrected chi connectivity index (χ1v) is 7.47. The smallest absolute Gasteiger partial charge is 0.272 e. The van der Waals surface area contributed by atoms with Crippen LogP contribution in [0.15, 0.2) is 0 Å². The Bertz CT molecular complexity index is 304. The predicted octanol–water partition coefficient (Wildman–Crippen LogP) is 0.280. The van der Waals surface area contributed by atoms with Crippen molar-refractivity contribution in [3.05, 3.63) is 10.1 Å². The van der Waals surface area contributed by atoms with Crippen LogP contribution in [0.4, 0.5) is 0 Å². The molecule has 7 nitrogen and oxygen atoms in total. The van der Waals surface area contributed by atoms with Gasteiger partial charge in [0.2, 0.25) is 0 Å². The van der Waals surface area contributed by atoms with E-state index < -0.39 is 6.17 Å². The molecule has 20 heavy (non-hydrogen) atoms. The first-order chi connectivity index (χ1) is 9.72. The lowest BCUT2D eigenvalue weighted by Gasteiger charge is -2.36. The largest absolute Gasteiger partial charge is 0.379 e. The molecule has 0 N–H and O–H groups in total. The summed E-state index contributed by atoms with van der Waals surface area (Å²) in [5, 5.41) is 11.5. The van der Waals surface area contributed by atoms with Gasteiger partial charge in [0.15, 0.2) is 0 Å². The fourth-order valence-corrected chi connectivity index (χ4v) is 3.00. The standard InChI is InChI=1S/C13H25N3O4/c1-2-12(11-14-3-7-19-8-4-14)13(16(17)18)15-5-9-20-10-6-15/h12-13H,2-11H2,1H3. The van der Waals surface area contributed by atoms with Crippen molar-refractivity contribution in [3.8, 4) is 0 Å². The van der Waals surface area contributed by atoms with E-state index in [9.17, 15) is 10.1 Å². The van der Waals surface area contributed by atoms with Crippen LogP contribution < -0.4 is 0 Å². The molecular formula is C13H25N3O4. The zero-order valence-electron chi connectivity index (χ0n) is 12.2. The van der Waals surface area contributed by atoms with E-state index in [1.165, 1.54) is 0 Å². The molecule has 0 amide bonds. The number of nitrogens with zero attached hydrogens (tertiary/aromatic N) is 3. The van der Waals surface area contributed by atoms with Gasteiger partial charge in [-0.1, -0.05) is 6.92 Å². The van der Waals surface area contributed by atoms with E-state index >= 15 is 0 Å². The van der Waals surface area contributed by atoms with Crippen molar-refractivity contribution in [3.63, 3.8) is 0 Å². The lowest BCUT2D eigenvalue weighted by Crippen LogP contribution is -2.53. The predicted molar refractivity (Wildman–Crippen MR) is 74.2 cm³/mol. The van der Waals surface area contributed by atoms with E-state index in [2.05, 4.69) is 4.90 Å². The zero-order chi connectivity index (χ0) is 14.4. The van der Waals surface area contributed by atoms with Gasteiger partial charge in [-0.05, 0) is 6.42 Å². The molecule has 0 spiro atoms. The van der Waals surface area contributed by atoms with Crippen LogP contribution in [0.5, 0.6) is 0 Å². The summed E-state index contributed by atoms with van der Waals surface area (Å²) in [7, 11) is 0. The Morgan fingerprint density at radius 2 is 1.65 bits per heavy atom. The highest BCUT2D eigenvalue weighted by molar-refractivity contribution is 4.77. The fourth-order valence-electron chi connectivity index (χ4n) is 3.00. The van der Waals surface area contributed by atoms with Gasteiger partial charge in [-0.2, -0.15) is 0 Å². The Balaban J connectivity index is 1.98. The van der Waals surface area contributed by atoms with Gasteiger partial charge in [0.1, 0.15) is 0 Å². The van der Waals surface area contributed by atoms with Crippen molar-refractivity contribution in [1.82, 2.24) is 9.80 Å². The number of hydrogen-bond donors (Lipinski definition) is 0. The van der Waals surface area contributed by atoms with Gasteiger partial charge in [-0.25, -0.2) is 4.90 Å². The third-order valence-corrected chi connectivity index (χ3v) is 4.18. The van der Waals surface area contributed by atoms with Crippen molar-refractivity contribution in [2.24, 2.45) is 5.92 Å². The third kappa shape index (κ3) is 4.12. The molecule has 2 heterocycles. The Morgan fingerprint density at radius 1 is 1.10 bits per heavy atom. The molecule has 0 bridgehead atoms. The van der Waals surface area contributed by atoms with Crippen molar-refractivity contribution < 1.29 is 14.4 Å². The molecule has 2 saturated heterocycles. The van der Waals surface area contributed by atoms with Crippen molar-refractivity contribution >= 4 is 0 Å². The summed E-state index contributed by atoms with van der Waals surface area (Å²) in [6, 6.07) is 0. The van der Waals surface area contributed by atoms with Gasteiger partial charge in [0.25, 0.3) is 6.17 Å². The van der Waals surface area contributed by atoms with E-state index in [0.29, 0.717) is 26.3 Å². The molecule has 0 aromatic heterocycles. The molecule has 0 radical (unpaired) electrons. The summed E-state index contributed by atoms with van der Waals surface area (Å²) < 4.78 is 10.6. The van der Waals surface area contributed by atoms with Crippen LogP contribution in [-0.2, 0) is 9.47 Å². The van der Waals surface area contributed by atoms with Crippen LogP contribution in [0.25, 0.3) is 0 Å². The van der Waals surface area contributed by atoms with Gasteiger partial charge >= 0.3 is 0 Å². The van der Waals surface area contributed by atoms with Gasteiger partial charge in [-0.3, -0.25) is 15.0 Å². The first kappa shape index (κ1) is 15.6. The van der Waals surface area contributed by atoms with Gasteiger partial charge in [-0.15, -0.1) is 0 Å². The highest BCUT2D eigenvalue weighted by Crippen LogP contribution is 2.19. The van der Waals surface area contributed by atoms with Crippen molar-refractivity contribution in [1.29, 1.82) is 0 Å². The monoisotopic (exact) mass is 287 g/mol. The maximum absolute atomic E-state index is 11.5. The zero-order valence-corrected chi connectivity index (χ0v) is 12.2. The Kier molecular flexibility index (Phi) is 6.15. The van der Waals surface area contributed by atoms with E-state index in [0.717, 1.165) is 39.3 Å². The molecule has 0 aromatic rings. The minimum absolute atomic E-state index is 0.0567. The summed E-state index contributed by atoms with van der Waals surface area (Å²) in [6.07, 6.45) is 0.229. The summed E-state index contributed by atoms with van der Waals surface area (Å²) in [5.74, 6) is 0.0567.